The number of carbonyl (C=O) groups is 1. The first kappa shape index (κ1) is 21.7. The lowest BCUT2D eigenvalue weighted by molar-refractivity contribution is 0.0694. The lowest BCUT2D eigenvalue weighted by Gasteiger charge is -2.40. The van der Waals surface area contributed by atoms with Gasteiger partial charge in [0.05, 0.1) is 30.2 Å². The Morgan fingerprint density at radius 1 is 1.29 bits per heavy atom. The molecule has 1 aliphatic carbocycles. The number of benzene rings is 1. The molecule has 1 aromatic heterocycles. The van der Waals surface area contributed by atoms with Crippen molar-refractivity contribution in [3.05, 3.63) is 39.7 Å². The predicted molar refractivity (Wildman–Crippen MR) is 113 cm³/mol. The van der Waals surface area contributed by atoms with Crippen molar-refractivity contribution in [3.63, 3.8) is 0 Å². The van der Waals surface area contributed by atoms with Crippen molar-refractivity contribution in [2.45, 2.75) is 38.8 Å². The van der Waals surface area contributed by atoms with Crippen LogP contribution in [0.25, 0.3) is 10.9 Å². The highest BCUT2D eigenvalue weighted by molar-refractivity contribution is 5.94. The zero-order chi connectivity index (χ0) is 22.3. The number of nitrogens with zero attached hydrogens (tertiary/aromatic N) is 3. The van der Waals surface area contributed by atoms with Crippen LogP contribution >= 0.6 is 0 Å². The van der Waals surface area contributed by atoms with E-state index in [1.165, 1.54) is 10.8 Å². The number of anilines is 1. The number of fused-ring (bicyclic) bond motifs is 1. The highest BCUT2D eigenvalue weighted by Gasteiger charge is 2.34. The van der Waals surface area contributed by atoms with E-state index in [1.54, 1.807) is 4.90 Å². The Kier molecular flexibility index (Phi) is 5.98. The van der Waals surface area contributed by atoms with E-state index in [-0.39, 0.29) is 28.7 Å². The number of halogens is 2. The average molecular weight is 435 g/mol. The van der Waals surface area contributed by atoms with E-state index in [0.717, 1.165) is 32.0 Å². The molecular formula is C22H27F2N3O4. The molecule has 9 heteroatoms. The monoisotopic (exact) mass is 435 g/mol. The average Bonchev–Trinajstić information content (AvgIpc) is 3.58. The quantitative estimate of drug-likeness (QED) is 0.721. The minimum absolute atomic E-state index is 0.0259. The summed E-state index contributed by atoms with van der Waals surface area (Å²) in [6, 6.07) is 0.658. The molecule has 0 radical (unpaired) electrons. The molecule has 2 aromatic rings. The zero-order valence-electron chi connectivity index (χ0n) is 17.7. The summed E-state index contributed by atoms with van der Waals surface area (Å²) in [5, 5.41) is 9.15. The van der Waals surface area contributed by atoms with E-state index in [1.807, 2.05) is 13.8 Å². The van der Waals surface area contributed by atoms with Gasteiger partial charge >= 0.3 is 5.97 Å². The minimum atomic E-state index is -1.40. The topological polar surface area (TPSA) is 75.0 Å². The fraction of sp³-hybridized carbons (Fsp3) is 0.545. The second-order valence-electron chi connectivity index (χ2n) is 8.14. The molecular weight excluding hydrogens is 408 g/mol. The van der Waals surface area contributed by atoms with Gasteiger partial charge in [0.1, 0.15) is 17.1 Å². The molecule has 31 heavy (non-hydrogen) atoms. The fourth-order valence-electron chi connectivity index (χ4n) is 4.37. The van der Waals surface area contributed by atoms with Crippen LogP contribution in [0.2, 0.25) is 0 Å². The first-order valence-electron chi connectivity index (χ1n) is 10.7. The summed E-state index contributed by atoms with van der Waals surface area (Å²) in [5.74, 6) is -3.08. The van der Waals surface area contributed by atoms with Crippen LogP contribution in [-0.4, -0.2) is 66.0 Å². The molecule has 1 N–H and O–H groups in total. The largest absolute Gasteiger partial charge is 0.477 e. The summed E-state index contributed by atoms with van der Waals surface area (Å²) in [6.07, 6.45) is 2.71. The first-order valence-corrected chi connectivity index (χ1v) is 10.7. The number of hydrogen-bond acceptors (Lipinski definition) is 5. The number of pyridine rings is 1. The summed E-state index contributed by atoms with van der Waals surface area (Å²) in [5.41, 5.74) is -1.55. The van der Waals surface area contributed by atoms with Crippen molar-refractivity contribution in [1.29, 1.82) is 0 Å². The van der Waals surface area contributed by atoms with E-state index < -0.39 is 28.6 Å². The number of hydrogen-bond donors (Lipinski definition) is 1. The third-order valence-corrected chi connectivity index (χ3v) is 6.23. The van der Waals surface area contributed by atoms with Crippen molar-refractivity contribution in [3.8, 4) is 0 Å². The van der Waals surface area contributed by atoms with Gasteiger partial charge in [-0.2, -0.15) is 0 Å². The van der Waals surface area contributed by atoms with Crippen LogP contribution in [0, 0.1) is 11.6 Å². The Balaban J connectivity index is 1.89. The Labute approximate surface area is 178 Å². The molecule has 0 amide bonds. The smallest absolute Gasteiger partial charge is 0.341 e. The summed E-state index contributed by atoms with van der Waals surface area (Å²) in [6.45, 7) is 7.29. The van der Waals surface area contributed by atoms with Gasteiger partial charge in [-0.05, 0) is 32.0 Å². The summed E-state index contributed by atoms with van der Waals surface area (Å²) < 4.78 is 38.3. The van der Waals surface area contributed by atoms with Gasteiger partial charge in [0.15, 0.2) is 5.82 Å². The third-order valence-electron chi connectivity index (χ3n) is 6.23. The maximum absolute atomic E-state index is 15.9. The maximum atomic E-state index is 15.9. The fourth-order valence-corrected chi connectivity index (χ4v) is 4.37. The molecule has 1 saturated carbocycles. The van der Waals surface area contributed by atoms with Crippen LogP contribution in [-0.2, 0) is 4.74 Å². The Bertz CT molecular complexity index is 1060. The second-order valence-corrected chi connectivity index (χ2v) is 8.14. The van der Waals surface area contributed by atoms with Crippen LogP contribution in [0.4, 0.5) is 14.5 Å². The van der Waals surface area contributed by atoms with Crippen LogP contribution in [0.1, 0.15) is 43.1 Å². The Morgan fingerprint density at radius 2 is 2.00 bits per heavy atom. The van der Waals surface area contributed by atoms with Crippen molar-refractivity contribution >= 4 is 22.6 Å². The number of aromatic nitrogens is 1. The number of rotatable bonds is 7. The number of aromatic carboxylic acids is 1. The molecule has 4 rings (SSSR count). The molecule has 168 valence electrons. The molecule has 7 nitrogen and oxygen atoms in total. The lowest BCUT2D eigenvalue weighted by Crippen LogP contribution is -2.52. The van der Waals surface area contributed by atoms with Gasteiger partial charge in [-0.15, -0.1) is 0 Å². The van der Waals surface area contributed by atoms with E-state index >= 15 is 8.78 Å². The number of likely N-dealkylation sites (N-methyl/N-ethyl adjacent to an activating group) is 1. The summed E-state index contributed by atoms with van der Waals surface area (Å²) in [7, 11) is 0. The van der Waals surface area contributed by atoms with Gasteiger partial charge in [0.25, 0.3) is 0 Å². The van der Waals surface area contributed by atoms with Crippen LogP contribution in [0.5, 0.6) is 0 Å². The lowest BCUT2D eigenvalue weighted by atomic mass is 10.1. The van der Waals surface area contributed by atoms with Gasteiger partial charge in [-0.1, -0.05) is 13.8 Å². The van der Waals surface area contributed by atoms with Gasteiger partial charge in [-0.3, -0.25) is 4.79 Å². The van der Waals surface area contributed by atoms with Gasteiger partial charge in [0, 0.05) is 25.3 Å². The van der Waals surface area contributed by atoms with Crippen molar-refractivity contribution in [2.24, 2.45) is 0 Å². The molecule has 2 aliphatic rings. The first-order chi connectivity index (χ1) is 14.9. The highest BCUT2D eigenvalue weighted by atomic mass is 19.1. The molecule has 1 unspecified atom stereocenters. The molecule has 1 aromatic carbocycles. The molecule has 2 fully saturated rings. The van der Waals surface area contributed by atoms with E-state index in [4.69, 9.17) is 4.74 Å². The second kappa shape index (κ2) is 8.55. The number of morpholine rings is 1. The van der Waals surface area contributed by atoms with E-state index in [2.05, 4.69) is 4.90 Å². The van der Waals surface area contributed by atoms with Crippen molar-refractivity contribution in [1.82, 2.24) is 9.47 Å². The van der Waals surface area contributed by atoms with Crippen LogP contribution in [0.3, 0.4) is 0 Å². The predicted octanol–water partition coefficient (Wildman–Crippen LogP) is 2.86. The Hall–Kier alpha value is -2.52. The maximum Gasteiger partial charge on any atom is 0.341 e. The summed E-state index contributed by atoms with van der Waals surface area (Å²) in [4.78, 5) is 28.1. The normalized spacial score (nSPS) is 19.4. The summed E-state index contributed by atoms with van der Waals surface area (Å²) >= 11 is 0. The molecule has 0 spiro atoms. The number of ether oxygens (including phenoxy) is 1. The zero-order valence-corrected chi connectivity index (χ0v) is 17.7. The highest BCUT2D eigenvalue weighted by Crippen LogP contribution is 2.40. The van der Waals surface area contributed by atoms with Crippen LogP contribution in [0.15, 0.2) is 17.1 Å². The molecule has 1 saturated heterocycles. The minimum Gasteiger partial charge on any atom is -0.477 e. The van der Waals surface area contributed by atoms with Gasteiger partial charge in [0.2, 0.25) is 5.43 Å². The van der Waals surface area contributed by atoms with Gasteiger partial charge < -0.3 is 24.2 Å². The Morgan fingerprint density at radius 3 is 2.61 bits per heavy atom. The van der Waals surface area contributed by atoms with Crippen molar-refractivity contribution < 1.29 is 23.4 Å². The SMILES string of the molecule is CCN(CC)CC1COCCN1c1c(F)cc2c(=O)c(C(=O)O)cn(C3CC3)c2c1F. The number of carboxylic acid groups (broad SMARTS) is 1. The van der Waals surface area contributed by atoms with Crippen LogP contribution < -0.4 is 10.3 Å². The molecule has 0 bridgehead atoms. The van der Waals surface area contributed by atoms with Gasteiger partial charge in [-0.25, -0.2) is 13.6 Å². The number of carboxylic acids is 1. The van der Waals surface area contributed by atoms with E-state index in [0.29, 0.717) is 26.3 Å². The van der Waals surface area contributed by atoms with Crippen molar-refractivity contribution in [2.75, 3.05) is 44.3 Å². The molecule has 2 heterocycles. The molecule has 1 atom stereocenters. The third kappa shape index (κ3) is 3.92. The van der Waals surface area contributed by atoms with E-state index in [9.17, 15) is 14.7 Å². The standard InChI is InChI=1S/C22H27F2N3O4/c1-3-25(4-2)10-14-12-31-8-7-26(14)20-17(23)9-15-19(18(20)24)27(13-5-6-13)11-16(21(15)28)22(29)30/h9,11,13-14H,3-8,10,12H2,1-2H3,(H,29,30). The molecule has 1 aliphatic heterocycles.